The minimum Gasteiger partial charge on any atom is -0.464 e. The highest BCUT2D eigenvalue weighted by atomic mass is 16.5. The van der Waals surface area contributed by atoms with Crippen molar-refractivity contribution in [3.05, 3.63) is 0 Å². The maximum Gasteiger partial charge on any atom is 0.338 e. The van der Waals surface area contributed by atoms with Gasteiger partial charge < -0.3 is 4.74 Å². The van der Waals surface area contributed by atoms with E-state index in [1.165, 1.54) is 6.92 Å². The second-order valence-electron chi connectivity index (χ2n) is 2.16. The average molecular weight is 145 g/mol. The SMILES string of the molecule is CCCCOC(=O)C(C)[O]. The molecule has 10 heavy (non-hydrogen) atoms. The van der Waals surface area contributed by atoms with Gasteiger partial charge in [-0.2, -0.15) is 0 Å². The summed E-state index contributed by atoms with van der Waals surface area (Å²) in [5, 5.41) is 10.3. The van der Waals surface area contributed by atoms with E-state index in [1.807, 2.05) is 6.92 Å². The van der Waals surface area contributed by atoms with Crippen LogP contribution in [0.5, 0.6) is 0 Å². The van der Waals surface area contributed by atoms with Crippen molar-refractivity contribution >= 4 is 5.97 Å². The van der Waals surface area contributed by atoms with Crippen molar-refractivity contribution in [2.75, 3.05) is 6.61 Å². The maximum absolute atomic E-state index is 10.5. The Hall–Kier alpha value is -0.570. The van der Waals surface area contributed by atoms with Crippen LogP contribution in [-0.2, 0) is 14.6 Å². The van der Waals surface area contributed by atoms with Crippen molar-refractivity contribution in [2.45, 2.75) is 32.8 Å². The predicted octanol–water partition coefficient (Wildman–Crippen LogP) is 1.15. The molecule has 0 aromatic rings. The number of esters is 1. The van der Waals surface area contributed by atoms with Gasteiger partial charge in [-0.25, -0.2) is 9.90 Å². The lowest BCUT2D eigenvalue weighted by Gasteiger charge is -2.02. The Morgan fingerprint density at radius 1 is 1.60 bits per heavy atom. The van der Waals surface area contributed by atoms with Crippen LogP contribution in [0.3, 0.4) is 0 Å². The Morgan fingerprint density at radius 2 is 2.20 bits per heavy atom. The monoisotopic (exact) mass is 145 g/mol. The van der Waals surface area contributed by atoms with Crippen molar-refractivity contribution < 1.29 is 14.6 Å². The molecule has 3 nitrogen and oxygen atoms in total. The summed E-state index contributed by atoms with van der Waals surface area (Å²) in [4.78, 5) is 10.5. The van der Waals surface area contributed by atoms with Crippen molar-refractivity contribution in [1.29, 1.82) is 0 Å². The Bertz CT molecular complexity index is 99.0. The van der Waals surface area contributed by atoms with E-state index in [2.05, 4.69) is 4.74 Å². The number of carbonyl (C=O) groups excluding carboxylic acids is 1. The molecule has 0 N–H and O–H groups in total. The van der Waals surface area contributed by atoms with E-state index >= 15 is 0 Å². The van der Waals surface area contributed by atoms with Gasteiger partial charge in [0.1, 0.15) is 0 Å². The minimum absolute atomic E-state index is 0.377. The molecule has 0 amide bonds. The predicted molar refractivity (Wildman–Crippen MR) is 36.0 cm³/mol. The van der Waals surface area contributed by atoms with Gasteiger partial charge >= 0.3 is 5.97 Å². The molecule has 0 bridgehead atoms. The van der Waals surface area contributed by atoms with Crippen LogP contribution in [0, 0.1) is 0 Å². The first kappa shape index (κ1) is 9.43. The van der Waals surface area contributed by atoms with Gasteiger partial charge in [-0.05, 0) is 13.3 Å². The molecule has 0 fully saturated rings. The first-order valence-electron chi connectivity index (χ1n) is 3.51. The number of hydrogen-bond donors (Lipinski definition) is 0. The number of unbranched alkanes of at least 4 members (excludes halogenated alkanes) is 1. The minimum atomic E-state index is -1.24. The van der Waals surface area contributed by atoms with Gasteiger partial charge in [-0.15, -0.1) is 0 Å². The molecule has 59 valence electrons. The Balaban J connectivity index is 3.22. The van der Waals surface area contributed by atoms with Crippen molar-refractivity contribution in [2.24, 2.45) is 0 Å². The standard InChI is InChI=1S/C7H13O3/c1-3-4-5-10-7(9)6(2)8/h6H,3-5H2,1-2H3. The average Bonchev–Trinajstić information content (AvgIpc) is 1.88. The van der Waals surface area contributed by atoms with Crippen LogP contribution in [0.2, 0.25) is 0 Å². The van der Waals surface area contributed by atoms with E-state index < -0.39 is 12.1 Å². The first-order valence-corrected chi connectivity index (χ1v) is 3.51. The smallest absolute Gasteiger partial charge is 0.338 e. The molecule has 0 saturated carbocycles. The third-order valence-electron chi connectivity index (χ3n) is 1.07. The van der Waals surface area contributed by atoms with Gasteiger partial charge in [0.05, 0.1) is 6.61 Å². The molecular weight excluding hydrogens is 132 g/mol. The van der Waals surface area contributed by atoms with Crippen LogP contribution in [0.15, 0.2) is 0 Å². The van der Waals surface area contributed by atoms with Gasteiger partial charge in [-0.3, -0.25) is 0 Å². The molecule has 0 rings (SSSR count). The van der Waals surface area contributed by atoms with Crippen LogP contribution in [0.4, 0.5) is 0 Å². The molecule has 1 unspecified atom stereocenters. The fourth-order valence-electron chi connectivity index (χ4n) is 0.434. The fourth-order valence-corrected chi connectivity index (χ4v) is 0.434. The van der Waals surface area contributed by atoms with Gasteiger partial charge in [0.15, 0.2) is 6.10 Å². The normalized spacial score (nSPS) is 12.7. The Labute approximate surface area is 61.0 Å². The third-order valence-corrected chi connectivity index (χ3v) is 1.07. The molecule has 3 heteroatoms. The van der Waals surface area contributed by atoms with E-state index in [1.54, 1.807) is 0 Å². The lowest BCUT2D eigenvalue weighted by Crippen LogP contribution is -2.18. The first-order chi connectivity index (χ1) is 4.68. The highest BCUT2D eigenvalue weighted by Crippen LogP contribution is 1.91. The van der Waals surface area contributed by atoms with Crippen LogP contribution in [0.25, 0.3) is 0 Å². The van der Waals surface area contributed by atoms with Crippen LogP contribution in [0.1, 0.15) is 26.7 Å². The quantitative estimate of drug-likeness (QED) is 0.440. The molecule has 0 spiro atoms. The van der Waals surface area contributed by atoms with Crippen LogP contribution >= 0.6 is 0 Å². The highest BCUT2D eigenvalue weighted by molar-refractivity contribution is 5.73. The third kappa shape index (κ3) is 4.32. The van der Waals surface area contributed by atoms with Crippen molar-refractivity contribution in [3.8, 4) is 0 Å². The summed E-state index contributed by atoms with van der Waals surface area (Å²) in [6, 6.07) is 0. The molecule has 1 radical (unpaired) electrons. The topological polar surface area (TPSA) is 46.2 Å². The second kappa shape index (κ2) is 5.23. The Morgan fingerprint density at radius 3 is 2.60 bits per heavy atom. The van der Waals surface area contributed by atoms with E-state index in [4.69, 9.17) is 0 Å². The summed E-state index contributed by atoms with van der Waals surface area (Å²) in [5.74, 6) is -0.645. The second-order valence-corrected chi connectivity index (χ2v) is 2.16. The number of carbonyl (C=O) groups is 1. The van der Waals surface area contributed by atoms with E-state index in [0.29, 0.717) is 6.61 Å². The number of rotatable bonds is 4. The van der Waals surface area contributed by atoms with E-state index in [0.717, 1.165) is 12.8 Å². The molecule has 0 aromatic heterocycles. The van der Waals surface area contributed by atoms with Crippen molar-refractivity contribution in [1.82, 2.24) is 0 Å². The molecule has 0 aromatic carbocycles. The molecular formula is C7H13O3. The molecule has 0 aliphatic rings. The maximum atomic E-state index is 10.5. The van der Waals surface area contributed by atoms with Gasteiger partial charge in [0, 0.05) is 0 Å². The molecule has 0 heterocycles. The summed E-state index contributed by atoms with van der Waals surface area (Å²) in [5.41, 5.74) is 0. The molecule has 1 atom stereocenters. The lowest BCUT2D eigenvalue weighted by atomic mass is 10.3. The summed E-state index contributed by atoms with van der Waals surface area (Å²) < 4.78 is 4.59. The summed E-state index contributed by atoms with van der Waals surface area (Å²) in [6.45, 7) is 3.66. The van der Waals surface area contributed by atoms with Gasteiger partial charge in [0.25, 0.3) is 0 Å². The summed E-state index contributed by atoms with van der Waals surface area (Å²) in [7, 11) is 0. The van der Waals surface area contributed by atoms with Crippen LogP contribution < -0.4 is 0 Å². The Kier molecular flexibility index (Phi) is 4.94. The highest BCUT2D eigenvalue weighted by Gasteiger charge is 2.10. The molecule has 0 aliphatic carbocycles. The van der Waals surface area contributed by atoms with Gasteiger partial charge in [-0.1, -0.05) is 13.3 Å². The zero-order valence-corrected chi connectivity index (χ0v) is 6.42. The van der Waals surface area contributed by atoms with Crippen LogP contribution in [-0.4, -0.2) is 18.7 Å². The van der Waals surface area contributed by atoms with Crippen molar-refractivity contribution in [3.63, 3.8) is 0 Å². The molecule has 0 aliphatic heterocycles. The van der Waals surface area contributed by atoms with Gasteiger partial charge in [0.2, 0.25) is 0 Å². The summed E-state index contributed by atoms with van der Waals surface area (Å²) in [6.07, 6.45) is 0.566. The number of hydrogen-bond acceptors (Lipinski definition) is 2. The zero-order valence-electron chi connectivity index (χ0n) is 6.42. The zero-order chi connectivity index (χ0) is 7.98. The largest absolute Gasteiger partial charge is 0.464 e. The van der Waals surface area contributed by atoms with E-state index in [-0.39, 0.29) is 0 Å². The fraction of sp³-hybridized carbons (Fsp3) is 0.857. The molecule has 0 saturated heterocycles. The summed E-state index contributed by atoms with van der Waals surface area (Å²) >= 11 is 0. The van der Waals surface area contributed by atoms with E-state index in [9.17, 15) is 9.90 Å². The lowest BCUT2D eigenvalue weighted by molar-refractivity contribution is -0.156. The number of ether oxygens (including phenoxy) is 1.